The van der Waals surface area contributed by atoms with Crippen LogP contribution in [0.3, 0.4) is 0 Å². The summed E-state index contributed by atoms with van der Waals surface area (Å²) in [5.41, 5.74) is -0.482. The van der Waals surface area contributed by atoms with Gasteiger partial charge in [-0.2, -0.15) is 0 Å². The molecule has 1 aromatic heterocycles. The van der Waals surface area contributed by atoms with Gasteiger partial charge in [-0.05, 0) is 12.8 Å². The number of aliphatic carboxylic acids is 1. The second kappa shape index (κ2) is 7.27. The minimum Gasteiger partial charge on any atom is -0.480 e. The topological polar surface area (TPSA) is 121 Å². The van der Waals surface area contributed by atoms with Gasteiger partial charge in [0.2, 0.25) is 0 Å². The smallest absolute Gasteiger partial charge is 0.326 e. The Labute approximate surface area is 108 Å². The number of methoxy groups -OCH3 is 1. The zero-order valence-electron chi connectivity index (χ0n) is 10.4. The van der Waals surface area contributed by atoms with Gasteiger partial charge in [0.1, 0.15) is 11.7 Å². The third kappa shape index (κ3) is 4.88. The maximum atomic E-state index is 11.7. The molecule has 0 spiro atoms. The van der Waals surface area contributed by atoms with Crippen LogP contribution in [0.1, 0.15) is 23.3 Å². The summed E-state index contributed by atoms with van der Waals surface area (Å²) >= 11 is 0. The summed E-state index contributed by atoms with van der Waals surface area (Å²) in [6, 6.07) is -1.02. The number of aromatic nitrogens is 2. The largest absolute Gasteiger partial charge is 0.480 e. The van der Waals surface area contributed by atoms with Crippen LogP contribution in [-0.4, -0.2) is 46.7 Å². The SMILES string of the molecule is COCCCC(NC(=O)c1c[nH]c(=O)cn1)C(=O)O. The van der Waals surface area contributed by atoms with Crippen molar-refractivity contribution in [2.45, 2.75) is 18.9 Å². The van der Waals surface area contributed by atoms with E-state index in [1.54, 1.807) is 0 Å². The molecular formula is C11H15N3O5. The van der Waals surface area contributed by atoms with Crippen LogP contribution >= 0.6 is 0 Å². The normalized spacial score (nSPS) is 11.8. The maximum Gasteiger partial charge on any atom is 0.326 e. The van der Waals surface area contributed by atoms with Crippen molar-refractivity contribution < 1.29 is 19.4 Å². The molecule has 1 heterocycles. The number of carbonyl (C=O) groups excluding carboxylic acids is 1. The second-order valence-electron chi connectivity index (χ2n) is 3.80. The van der Waals surface area contributed by atoms with Crippen LogP contribution < -0.4 is 10.9 Å². The van der Waals surface area contributed by atoms with E-state index in [2.05, 4.69) is 15.3 Å². The van der Waals surface area contributed by atoms with Crippen molar-refractivity contribution in [3.63, 3.8) is 0 Å². The predicted molar refractivity (Wildman–Crippen MR) is 64.9 cm³/mol. The van der Waals surface area contributed by atoms with Gasteiger partial charge in [-0.1, -0.05) is 0 Å². The molecule has 0 bridgehead atoms. The van der Waals surface area contributed by atoms with Gasteiger partial charge in [-0.3, -0.25) is 9.59 Å². The summed E-state index contributed by atoms with van der Waals surface area (Å²) in [4.78, 5) is 39.4. The van der Waals surface area contributed by atoms with Gasteiger partial charge in [-0.25, -0.2) is 9.78 Å². The highest BCUT2D eigenvalue weighted by molar-refractivity contribution is 5.94. The van der Waals surface area contributed by atoms with E-state index in [4.69, 9.17) is 9.84 Å². The van der Waals surface area contributed by atoms with Gasteiger partial charge in [0.05, 0.1) is 6.20 Å². The van der Waals surface area contributed by atoms with E-state index in [0.29, 0.717) is 13.0 Å². The van der Waals surface area contributed by atoms with Crippen molar-refractivity contribution >= 4 is 11.9 Å². The second-order valence-corrected chi connectivity index (χ2v) is 3.80. The molecule has 1 amide bonds. The first-order chi connectivity index (χ1) is 9.04. The fraction of sp³-hybridized carbons (Fsp3) is 0.455. The summed E-state index contributed by atoms with van der Waals surface area (Å²) < 4.78 is 4.82. The summed E-state index contributed by atoms with van der Waals surface area (Å²) in [5.74, 6) is -1.78. The van der Waals surface area contributed by atoms with Crippen molar-refractivity contribution in [3.05, 3.63) is 28.4 Å². The lowest BCUT2D eigenvalue weighted by atomic mass is 10.1. The number of H-pyrrole nitrogens is 1. The fourth-order valence-electron chi connectivity index (χ4n) is 1.39. The van der Waals surface area contributed by atoms with Crippen molar-refractivity contribution in [2.75, 3.05) is 13.7 Å². The Balaban J connectivity index is 2.63. The monoisotopic (exact) mass is 269 g/mol. The third-order valence-electron chi connectivity index (χ3n) is 2.35. The molecule has 8 heteroatoms. The molecule has 1 rings (SSSR count). The molecule has 0 aliphatic rings. The first kappa shape index (κ1) is 14.8. The number of carbonyl (C=O) groups is 2. The van der Waals surface area contributed by atoms with Crippen molar-refractivity contribution in [1.29, 1.82) is 0 Å². The van der Waals surface area contributed by atoms with E-state index >= 15 is 0 Å². The van der Waals surface area contributed by atoms with Crippen molar-refractivity contribution in [2.24, 2.45) is 0 Å². The fourth-order valence-corrected chi connectivity index (χ4v) is 1.39. The number of rotatable bonds is 7. The van der Waals surface area contributed by atoms with Crippen molar-refractivity contribution in [3.8, 4) is 0 Å². The van der Waals surface area contributed by atoms with Crippen LogP contribution in [-0.2, 0) is 9.53 Å². The number of carboxylic acids is 1. The number of carboxylic acid groups (broad SMARTS) is 1. The van der Waals surface area contributed by atoms with Gasteiger partial charge >= 0.3 is 5.97 Å². The number of nitrogens with zero attached hydrogens (tertiary/aromatic N) is 1. The van der Waals surface area contributed by atoms with Crippen LogP contribution in [0.2, 0.25) is 0 Å². The van der Waals surface area contributed by atoms with E-state index in [1.165, 1.54) is 7.11 Å². The molecule has 104 valence electrons. The third-order valence-corrected chi connectivity index (χ3v) is 2.35. The number of nitrogens with one attached hydrogen (secondary N) is 2. The van der Waals surface area contributed by atoms with Gasteiger partial charge in [0.25, 0.3) is 11.5 Å². The molecule has 1 unspecified atom stereocenters. The van der Waals surface area contributed by atoms with Gasteiger partial charge < -0.3 is 20.1 Å². The standard InChI is InChI=1S/C11H15N3O5/c1-19-4-2-3-7(11(17)18)14-10(16)8-5-13-9(15)6-12-8/h5-7H,2-4H2,1H3,(H,13,15)(H,14,16)(H,17,18). The predicted octanol–water partition coefficient (Wildman–Crippen LogP) is -0.620. The lowest BCUT2D eigenvalue weighted by molar-refractivity contribution is -0.139. The zero-order chi connectivity index (χ0) is 14.3. The lowest BCUT2D eigenvalue weighted by Crippen LogP contribution is -2.41. The molecule has 1 atom stereocenters. The highest BCUT2D eigenvalue weighted by Crippen LogP contribution is 2.00. The average Bonchev–Trinajstić information content (AvgIpc) is 2.38. The first-order valence-corrected chi connectivity index (χ1v) is 5.62. The number of amides is 1. The molecule has 0 saturated carbocycles. The van der Waals surface area contributed by atoms with E-state index < -0.39 is 23.5 Å². The van der Waals surface area contributed by atoms with Gasteiger partial charge in [0.15, 0.2) is 0 Å². The van der Waals surface area contributed by atoms with Crippen molar-refractivity contribution in [1.82, 2.24) is 15.3 Å². The molecule has 1 aromatic rings. The molecule has 0 saturated heterocycles. The molecule has 0 aliphatic carbocycles. The Bertz CT molecular complexity index is 479. The molecule has 8 nitrogen and oxygen atoms in total. The summed E-state index contributed by atoms with van der Waals surface area (Å²) in [7, 11) is 1.51. The molecule has 0 aromatic carbocycles. The maximum absolute atomic E-state index is 11.7. The van der Waals surface area contributed by atoms with Gasteiger partial charge in [-0.15, -0.1) is 0 Å². The van der Waals surface area contributed by atoms with Crippen LogP contribution in [0.25, 0.3) is 0 Å². The van der Waals surface area contributed by atoms with E-state index in [-0.39, 0.29) is 12.1 Å². The minimum absolute atomic E-state index is 0.0439. The first-order valence-electron chi connectivity index (χ1n) is 5.62. The zero-order valence-corrected chi connectivity index (χ0v) is 10.4. The molecule has 19 heavy (non-hydrogen) atoms. The number of hydrogen-bond donors (Lipinski definition) is 3. The Kier molecular flexibility index (Phi) is 5.68. The summed E-state index contributed by atoms with van der Waals surface area (Å²) in [6.45, 7) is 0.413. The van der Waals surface area contributed by atoms with Crippen LogP contribution in [0.5, 0.6) is 0 Å². The quantitative estimate of drug-likeness (QED) is 0.567. The van der Waals surface area contributed by atoms with E-state index in [0.717, 1.165) is 12.4 Å². The molecule has 0 fully saturated rings. The van der Waals surface area contributed by atoms with E-state index in [1.807, 2.05) is 0 Å². The summed E-state index contributed by atoms with van der Waals surface area (Å²) in [6.07, 6.45) is 2.84. The Morgan fingerprint density at radius 2 is 2.32 bits per heavy atom. The Morgan fingerprint density at radius 3 is 2.84 bits per heavy atom. The highest BCUT2D eigenvalue weighted by Gasteiger charge is 2.20. The minimum atomic E-state index is -1.13. The Hall–Kier alpha value is -2.22. The van der Waals surface area contributed by atoms with Crippen LogP contribution in [0.4, 0.5) is 0 Å². The lowest BCUT2D eigenvalue weighted by Gasteiger charge is -2.13. The van der Waals surface area contributed by atoms with Crippen LogP contribution in [0.15, 0.2) is 17.2 Å². The molecule has 3 N–H and O–H groups in total. The Morgan fingerprint density at radius 1 is 1.58 bits per heavy atom. The highest BCUT2D eigenvalue weighted by atomic mass is 16.5. The van der Waals surface area contributed by atoms with E-state index in [9.17, 15) is 14.4 Å². The number of hydrogen-bond acceptors (Lipinski definition) is 5. The number of ether oxygens (including phenoxy) is 1. The summed E-state index contributed by atoms with van der Waals surface area (Å²) in [5, 5.41) is 11.3. The molecule has 0 radical (unpaired) electrons. The van der Waals surface area contributed by atoms with Crippen LogP contribution in [0, 0.1) is 0 Å². The number of aromatic amines is 1. The molecule has 0 aliphatic heterocycles. The molecular weight excluding hydrogens is 254 g/mol. The average molecular weight is 269 g/mol. The van der Waals surface area contributed by atoms with Gasteiger partial charge in [0, 0.05) is 19.9 Å².